The summed E-state index contributed by atoms with van der Waals surface area (Å²) in [5.41, 5.74) is 3.12. The minimum atomic E-state index is -0.311. The Morgan fingerprint density at radius 3 is 2.82 bits per heavy atom. The Bertz CT molecular complexity index is 1190. The van der Waals surface area contributed by atoms with Crippen LogP contribution in [0.1, 0.15) is 35.2 Å². The molecule has 5 rings (SSSR count). The SMILES string of the molecule is O=C1CCc2cc(C(=O)CSc3nnc(-c4ccc(F)cc4)n3CC3CCCO3)ccc2N1. The molecule has 170 valence electrons. The van der Waals surface area contributed by atoms with Crippen LogP contribution in [0.4, 0.5) is 10.1 Å². The van der Waals surface area contributed by atoms with Gasteiger partial charge in [-0.15, -0.1) is 10.2 Å². The van der Waals surface area contributed by atoms with Crippen LogP contribution in [0.3, 0.4) is 0 Å². The largest absolute Gasteiger partial charge is 0.376 e. The molecule has 2 aliphatic rings. The Kier molecular flexibility index (Phi) is 6.24. The zero-order chi connectivity index (χ0) is 22.8. The first kappa shape index (κ1) is 21.8. The standard InChI is InChI=1S/C24H23FN4O3S/c25-18-7-3-15(4-8-18)23-27-28-24(29(23)13-19-2-1-11-32-19)33-14-21(30)17-5-9-20-16(12-17)6-10-22(31)26-20/h3-5,7-9,12,19H,1-2,6,10-11,13-14H2,(H,26,31). The fourth-order valence-corrected chi connectivity index (χ4v) is 4.98. The summed E-state index contributed by atoms with van der Waals surface area (Å²) >= 11 is 1.33. The third kappa shape index (κ3) is 4.84. The maximum Gasteiger partial charge on any atom is 0.224 e. The molecule has 2 aromatic carbocycles. The number of carbonyl (C=O) groups is 2. The molecule has 1 saturated heterocycles. The molecule has 1 aromatic heterocycles. The molecule has 33 heavy (non-hydrogen) atoms. The number of carbonyl (C=O) groups excluding carboxylic acids is 2. The Morgan fingerprint density at radius 1 is 1.18 bits per heavy atom. The topological polar surface area (TPSA) is 86.1 Å². The molecule has 1 amide bonds. The minimum Gasteiger partial charge on any atom is -0.376 e. The first-order valence-corrected chi connectivity index (χ1v) is 11.9. The molecule has 0 aliphatic carbocycles. The van der Waals surface area contributed by atoms with Crippen LogP contribution in [0, 0.1) is 5.82 Å². The maximum absolute atomic E-state index is 13.4. The number of aryl methyl sites for hydroxylation is 1. The molecule has 1 fully saturated rings. The predicted octanol–water partition coefficient (Wildman–Crippen LogP) is 4.12. The summed E-state index contributed by atoms with van der Waals surface area (Å²) in [4.78, 5) is 24.5. The summed E-state index contributed by atoms with van der Waals surface area (Å²) < 4.78 is 21.2. The highest BCUT2D eigenvalue weighted by molar-refractivity contribution is 7.99. The number of ether oxygens (including phenoxy) is 1. The number of anilines is 1. The average molecular weight is 467 g/mol. The lowest BCUT2D eigenvalue weighted by Gasteiger charge is -2.17. The number of amides is 1. The maximum atomic E-state index is 13.4. The molecule has 0 bridgehead atoms. The average Bonchev–Trinajstić information content (AvgIpc) is 3.48. The monoisotopic (exact) mass is 466 g/mol. The number of thioether (sulfide) groups is 1. The second-order valence-electron chi connectivity index (χ2n) is 8.19. The molecule has 9 heteroatoms. The van der Waals surface area contributed by atoms with Crippen molar-refractivity contribution in [3.63, 3.8) is 0 Å². The summed E-state index contributed by atoms with van der Waals surface area (Å²) in [6.45, 7) is 1.31. The third-order valence-corrected chi connectivity index (χ3v) is 6.85. The summed E-state index contributed by atoms with van der Waals surface area (Å²) in [6, 6.07) is 11.5. The van der Waals surface area contributed by atoms with Crippen molar-refractivity contribution in [3.05, 3.63) is 59.4 Å². The number of rotatable bonds is 7. The third-order valence-electron chi connectivity index (χ3n) is 5.88. The van der Waals surface area contributed by atoms with Gasteiger partial charge < -0.3 is 10.1 Å². The molecule has 0 spiro atoms. The van der Waals surface area contributed by atoms with E-state index < -0.39 is 0 Å². The fraction of sp³-hybridized carbons (Fsp3) is 0.333. The van der Waals surface area contributed by atoms with Gasteiger partial charge in [-0.05, 0) is 67.3 Å². The number of halogens is 1. The number of nitrogens with one attached hydrogen (secondary N) is 1. The molecule has 0 saturated carbocycles. The number of benzene rings is 2. The van der Waals surface area contributed by atoms with Gasteiger partial charge in [0.2, 0.25) is 5.91 Å². The molecule has 1 atom stereocenters. The highest BCUT2D eigenvalue weighted by Crippen LogP contribution is 2.28. The van der Waals surface area contributed by atoms with Gasteiger partial charge in [0.15, 0.2) is 16.8 Å². The summed E-state index contributed by atoms with van der Waals surface area (Å²) in [6.07, 6.45) is 3.09. The van der Waals surface area contributed by atoms with Gasteiger partial charge in [-0.3, -0.25) is 14.2 Å². The Balaban J connectivity index is 1.35. The molecular formula is C24H23FN4O3S. The summed E-state index contributed by atoms with van der Waals surface area (Å²) in [5, 5.41) is 12.1. The van der Waals surface area contributed by atoms with Gasteiger partial charge in [0.05, 0.1) is 18.4 Å². The van der Waals surface area contributed by atoms with Crippen LogP contribution < -0.4 is 5.32 Å². The fourth-order valence-electron chi connectivity index (χ4n) is 4.13. The second-order valence-corrected chi connectivity index (χ2v) is 9.13. The molecule has 0 radical (unpaired) electrons. The van der Waals surface area contributed by atoms with Crippen LogP contribution in [-0.4, -0.2) is 44.9 Å². The Labute approximate surface area is 194 Å². The summed E-state index contributed by atoms with van der Waals surface area (Å²) in [5.74, 6) is 0.506. The van der Waals surface area contributed by atoms with Crippen molar-refractivity contribution in [3.8, 4) is 11.4 Å². The minimum absolute atomic E-state index is 0.000306. The quantitative estimate of drug-likeness (QED) is 0.416. The number of ketones is 1. The first-order valence-electron chi connectivity index (χ1n) is 11.0. The van der Waals surface area contributed by atoms with E-state index in [0.717, 1.165) is 36.3 Å². The lowest BCUT2D eigenvalue weighted by molar-refractivity contribution is -0.116. The van der Waals surface area contributed by atoms with Crippen LogP contribution in [0.2, 0.25) is 0 Å². The van der Waals surface area contributed by atoms with Gasteiger partial charge in [-0.25, -0.2) is 4.39 Å². The van der Waals surface area contributed by atoms with E-state index in [4.69, 9.17) is 4.74 Å². The van der Waals surface area contributed by atoms with Crippen LogP contribution in [0.25, 0.3) is 11.4 Å². The van der Waals surface area contributed by atoms with Crippen molar-refractivity contribution in [1.82, 2.24) is 14.8 Å². The van der Waals surface area contributed by atoms with E-state index in [0.29, 0.717) is 35.9 Å². The lowest BCUT2D eigenvalue weighted by Crippen LogP contribution is -2.19. The number of fused-ring (bicyclic) bond motifs is 1. The van der Waals surface area contributed by atoms with E-state index >= 15 is 0 Å². The molecule has 3 heterocycles. The molecule has 3 aromatic rings. The second kappa shape index (κ2) is 9.44. The van der Waals surface area contributed by atoms with Gasteiger partial charge in [0.1, 0.15) is 5.82 Å². The number of hydrogen-bond donors (Lipinski definition) is 1. The van der Waals surface area contributed by atoms with Crippen LogP contribution in [0.5, 0.6) is 0 Å². The van der Waals surface area contributed by atoms with Gasteiger partial charge in [0, 0.05) is 29.8 Å². The first-order chi connectivity index (χ1) is 16.1. The predicted molar refractivity (Wildman–Crippen MR) is 123 cm³/mol. The number of hydrogen-bond acceptors (Lipinski definition) is 6. The van der Waals surface area contributed by atoms with Crippen molar-refractivity contribution in [2.24, 2.45) is 0 Å². The normalized spacial score (nSPS) is 17.6. The summed E-state index contributed by atoms with van der Waals surface area (Å²) in [7, 11) is 0. The molecule has 7 nitrogen and oxygen atoms in total. The zero-order valence-electron chi connectivity index (χ0n) is 17.9. The van der Waals surface area contributed by atoms with E-state index in [1.807, 2.05) is 10.6 Å². The van der Waals surface area contributed by atoms with Crippen LogP contribution in [0.15, 0.2) is 47.6 Å². The molecule has 1 N–H and O–H groups in total. The van der Waals surface area contributed by atoms with Crippen molar-refractivity contribution in [1.29, 1.82) is 0 Å². The van der Waals surface area contributed by atoms with E-state index in [2.05, 4.69) is 15.5 Å². The van der Waals surface area contributed by atoms with Crippen molar-refractivity contribution < 1.29 is 18.7 Å². The van der Waals surface area contributed by atoms with Gasteiger partial charge >= 0.3 is 0 Å². The Morgan fingerprint density at radius 2 is 2.03 bits per heavy atom. The molecular weight excluding hydrogens is 443 g/mol. The number of nitrogens with zero attached hydrogens (tertiary/aromatic N) is 3. The Hall–Kier alpha value is -3.04. The smallest absolute Gasteiger partial charge is 0.224 e. The molecule has 1 unspecified atom stereocenters. The van der Waals surface area contributed by atoms with E-state index in [-0.39, 0.29) is 29.4 Å². The van der Waals surface area contributed by atoms with E-state index in [1.54, 1.807) is 24.3 Å². The van der Waals surface area contributed by atoms with E-state index in [9.17, 15) is 14.0 Å². The van der Waals surface area contributed by atoms with Gasteiger partial charge in [0.25, 0.3) is 0 Å². The highest BCUT2D eigenvalue weighted by atomic mass is 32.2. The van der Waals surface area contributed by atoms with Crippen molar-refractivity contribution >= 4 is 29.1 Å². The van der Waals surface area contributed by atoms with Gasteiger partial charge in [-0.1, -0.05) is 11.8 Å². The van der Waals surface area contributed by atoms with Crippen molar-refractivity contribution in [2.45, 2.75) is 43.5 Å². The highest BCUT2D eigenvalue weighted by Gasteiger charge is 2.23. The zero-order valence-corrected chi connectivity index (χ0v) is 18.7. The van der Waals surface area contributed by atoms with Crippen LogP contribution >= 0.6 is 11.8 Å². The lowest BCUT2D eigenvalue weighted by atomic mass is 9.99. The number of aromatic nitrogens is 3. The number of Topliss-reactive ketones (excluding diaryl/α,β-unsaturated/α-hetero) is 1. The van der Waals surface area contributed by atoms with Crippen molar-refractivity contribution in [2.75, 3.05) is 17.7 Å². The van der Waals surface area contributed by atoms with E-state index in [1.165, 1.54) is 23.9 Å². The van der Waals surface area contributed by atoms with Gasteiger partial charge in [-0.2, -0.15) is 0 Å². The molecule has 2 aliphatic heterocycles. The van der Waals surface area contributed by atoms with Crippen LogP contribution in [-0.2, 0) is 22.5 Å².